The first-order valence-corrected chi connectivity index (χ1v) is 8.33. The summed E-state index contributed by atoms with van der Waals surface area (Å²) in [4.78, 5) is 22.8. The van der Waals surface area contributed by atoms with Crippen LogP contribution in [0.4, 0.5) is 14.5 Å². The molecule has 130 valence electrons. The Kier molecular flexibility index (Phi) is 4.13. The number of hydrogen-bond donors (Lipinski definition) is 2. The van der Waals surface area contributed by atoms with Gasteiger partial charge >= 0.3 is 0 Å². The van der Waals surface area contributed by atoms with Crippen LogP contribution >= 0.6 is 0 Å². The second-order valence-electron chi connectivity index (χ2n) is 5.06. The van der Waals surface area contributed by atoms with Gasteiger partial charge in [-0.25, -0.2) is 21.9 Å². The maximum absolute atomic E-state index is 13.2. The molecule has 2 amide bonds. The van der Waals surface area contributed by atoms with Gasteiger partial charge in [-0.3, -0.25) is 9.59 Å². The van der Waals surface area contributed by atoms with Gasteiger partial charge in [-0.1, -0.05) is 0 Å². The summed E-state index contributed by atoms with van der Waals surface area (Å²) in [6, 6.07) is 5.86. The largest absolute Gasteiger partial charge is 0.482 e. The maximum atomic E-state index is 13.2. The Hall–Kier alpha value is -3.01. The Bertz CT molecular complexity index is 991. The van der Waals surface area contributed by atoms with E-state index in [1.54, 1.807) is 4.72 Å². The van der Waals surface area contributed by atoms with Crippen LogP contribution in [0, 0.1) is 11.6 Å². The first kappa shape index (κ1) is 16.8. The number of halogens is 2. The normalized spacial score (nSPS) is 13.4. The number of hydrogen-bond acceptors (Lipinski definition) is 5. The predicted octanol–water partition coefficient (Wildman–Crippen LogP) is 1.41. The molecule has 0 unspecified atom stereocenters. The molecule has 0 saturated heterocycles. The fourth-order valence-corrected chi connectivity index (χ4v) is 3.09. The first-order chi connectivity index (χ1) is 11.8. The van der Waals surface area contributed by atoms with Crippen LogP contribution in [0.15, 0.2) is 41.3 Å². The summed E-state index contributed by atoms with van der Waals surface area (Å²) in [6.07, 6.45) is 0. The summed E-state index contributed by atoms with van der Waals surface area (Å²) in [6.45, 7) is -0.164. The van der Waals surface area contributed by atoms with Crippen molar-refractivity contribution < 1.29 is 31.5 Å². The monoisotopic (exact) mass is 368 g/mol. The number of rotatable bonds is 3. The lowest BCUT2D eigenvalue weighted by Gasteiger charge is -2.18. The van der Waals surface area contributed by atoms with E-state index in [2.05, 4.69) is 5.32 Å². The van der Waals surface area contributed by atoms with E-state index in [1.807, 2.05) is 0 Å². The van der Waals surface area contributed by atoms with Crippen molar-refractivity contribution in [3.8, 4) is 5.75 Å². The van der Waals surface area contributed by atoms with E-state index < -0.39 is 38.4 Å². The molecule has 0 atom stereocenters. The zero-order valence-corrected chi connectivity index (χ0v) is 13.2. The van der Waals surface area contributed by atoms with Gasteiger partial charge in [0.2, 0.25) is 0 Å². The number of carbonyl (C=O) groups is 2. The third-order valence-corrected chi connectivity index (χ3v) is 4.63. The number of nitrogens with one attached hydrogen (secondary N) is 2. The highest BCUT2D eigenvalue weighted by molar-refractivity contribution is 7.90. The Balaban J connectivity index is 1.85. The number of sulfonamides is 1. The van der Waals surface area contributed by atoms with E-state index in [9.17, 15) is 26.8 Å². The molecule has 0 bridgehead atoms. The van der Waals surface area contributed by atoms with Gasteiger partial charge in [-0.05, 0) is 36.4 Å². The molecule has 1 aliphatic heterocycles. The molecule has 0 radical (unpaired) electrons. The third kappa shape index (κ3) is 3.43. The lowest BCUT2D eigenvalue weighted by molar-refractivity contribution is -0.118. The molecular weight excluding hydrogens is 358 g/mol. The van der Waals surface area contributed by atoms with Crippen LogP contribution in [-0.2, 0) is 14.8 Å². The summed E-state index contributed by atoms with van der Waals surface area (Å²) < 4.78 is 57.2. The minimum absolute atomic E-state index is 0.0734. The molecule has 10 heteroatoms. The van der Waals surface area contributed by atoms with Gasteiger partial charge in [0, 0.05) is 5.56 Å². The van der Waals surface area contributed by atoms with Crippen molar-refractivity contribution in [3.63, 3.8) is 0 Å². The van der Waals surface area contributed by atoms with Crippen molar-refractivity contribution in [2.45, 2.75) is 4.90 Å². The van der Waals surface area contributed by atoms with Crippen molar-refractivity contribution >= 4 is 27.5 Å². The van der Waals surface area contributed by atoms with Crippen LogP contribution in [-0.4, -0.2) is 26.8 Å². The quantitative estimate of drug-likeness (QED) is 0.853. The molecule has 2 aromatic rings. The highest BCUT2D eigenvalue weighted by atomic mass is 32.2. The SMILES string of the molecule is O=C1COc2ccc(C(=O)NS(=O)(=O)c3ccc(F)c(F)c3)cc2N1. The number of carbonyl (C=O) groups excluding carboxylic acids is 2. The molecule has 0 saturated carbocycles. The van der Waals surface area contributed by atoms with Crippen LogP contribution < -0.4 is 14.8 Å². The van der Waals surface area contributed by atoms with E-state index in [4.69, 9.17) is 4.74 Å². The lowest BCUT2D eigenvalue weighted by Crippen LogP contribution is -2.31. The number of anilines is 1. The Morgan fingerprint density at radius 3 is 2.60 bits per heavy atom. The summed E-state index contributed by atoms with van der Waals surface area (Å²) in [5, 5.41) is 2.48. The van der Waals surface area contributed by atoms with Crippen molar-refractivity contribution in [1.29, 1.82) is 0 Å². The molecule has 0 spiro atoms. The standard InChI is InChI=1S/C15H10F2N2O5S/c16-10-3-2-9(6-11(10)17)25(22,23)19-15(21)8-1-4-13-12(5-8)18-14(20)7-24-13/h1-6H,7H2,(H,18,20)(H,19,21). The average Bonchev–Trinajstić information content (AvgIpc) is 2.56. The number of ether oxygens (including phenoxy) is 1. The third-order valence-electron chi connectivity index (χ3n) is 3.30. The molecule has 1 aliphatic rings. The minimum Gasteiger partial charge on any atom is -0.482 e. The Morgan fingerprint density at radius 2 is 1.88 bits per heavy atom. The molecule has 2 aromatic carbocycles. The molecular formula is C15H10F2N2O5S. The van der Waals surface area contributed by atoms with E-state index in [0.717, 1.165) is 6.07 Å². The van der Waals surface area contributed by atoms with Crippen molar-refractivity contribution in [2.24, 2.45) is 0 Å². The summed E-state index contributed by atoms with van der Waals surface area (Å²) in [5.74, 6) is -3.66. The second-order valence-corrected chi connectivity index (χ2v) is 6.74. The summed E-state index contributed by atoms with van der Waals surface area (Å²) >= 11 is 0. The molecule has 3 rings (SSSR count). The topological polar surface area (TPSA) is 102 Å². The van der Waals surface area contributed by atoms with Gasteiger partial charge in [0.05, 0.1) is 10.6 Å². The van der Waals surface area contributed by atoms with Gasteiger partial charge in [-0.2, -0.15) is 0 Å². The highest BCUT2D eigenvalue weighted by Crippen LogP contribution is 2.28. The zero-order valence-electron chi connectivity index (χ0n) is 12.4. The number of benzene rings is 2. The van der Waals surface area contributed by atoms with Gasteiger partial charge in [0.1, 0.15) is 5.75 Å². The van der Waals surface area contributed by atoms with Crippen LogP contribution in [0.1, 0.15) is 10.4 Å². The second kappa shape index (κ2) is 6.13. The van der Waals surface area contributed by atoms with E-state index in [0.29, 0.717) is 17.9 Å². The zero-order chi connectivity index (χ0) is 18.2. The first-order valence-electron chi connectivity index (χ1n) is 6.85. The molecule has 2 N–H and O–H groups in total. The van der Waals surface area contributed by atoms with E-state index in [-0.39, 0.29) is 17.9 Å². The minimum atomic E-state index is -4.40. The Labute approximate surface area is 140 Å². The van der Waals surface area contributed by atoms with Crippen LogP contribution in [0.3, 0.4) is 0 Å². The lowest BCUT2D eigenvalue weighted by atomic mass is 10.1. The summed E-state index contributed by atoms with van der Waals surface area (Å²) in [5.41, 5.74) is 0.143. The number of amides is 2. The van der Waals surface area contributed by atoms with Crippen molar-refractivity contribution in [1.82, 2.24) is 4.72 Å². The number of fused-ring (bicyclic) bond motifs is 1. The van der Waals surface area contributed by atoms with E-state index >= 15 is 0 Å². The fraction of sp³-hybridized carbons (Fsp3) is 0.0667. The smallest absolute Gasteiger partial charge is 0.265 e. The maximum Gasteiger partial charge on any atom is 0.265 e. The Morgan fingerprint density at radius 1 is 1.12 bits per heavy atom. The molecule has 7 nitrogen and oxygen atoms in total. The van der Waals surface area contributed by atoms with Crippen LogP contribution in [0.25, 0.3) is 0 Å². The van der Waals surface area contributed by atoms with Crippen LogP contribution in [0.2, 0.25) is 0 Å². The molecule has 25 heavy (non-hydrogen) atoms. The van der Waals surface area contributed by atoms with Crippen molar-refractivity contribution in [3.05, 3.63) is 53.6 Å². The van der Waals surface area contributed by atoms with Gasteiger partial charge in [0.25, 0.3) is 21.8 Å². The molecule has 0 aliphatic carbocycles. The fourth-order valence-electron chi connectivity index (χ4n) is 2.11. The van der Waals surface area contributed by atoms with Gasteiger partial charge < -0.3 is 10.1 Å². The molecule has 1 heterocycles. The summed E-state index contributed by atoms with van der Waals surface area (Å²) in [7, 11) is -4.40. The molecule has 0 fully saturated rings. The predicted molar refractivity (Wildman–Crippen MR) is 81.6 cm³/mol. The molecule has 0 aromatic heterocycles. The average molecular weight is 368 g/mol. The van der Waals surface area contributed by atoms with Crippen LogP contribution in [0.5, 0.6) is 5.75 Å². The van der Waals surface area contributed by atoms with Gasteiger partial charge in [-0.15, -0.1) is 0 Å². The van der Waals surface area contributed by atoms with Crippen molar-refractivity contribution in [2.75, 3.05) is 11.9 Å². The van der Waals surface area contributed by atoms with Gasteiger partial charge in [0.15, 0.2) is 18.2 Å². The highest BCUT2D eigenvalue weighted by Gasteiger charge is 2.22. The van der Waals surface area contributed by atoms with E-state index in [1.165, 1.54) is 18.2 Å².